The number of furan rings is 1. The van der Waals surface area contributed by atoms with Gasteiger partial charge >= 0.3 is 0 Å². The van der Waals surface area contributed by atoms with Crippen molar-refractivity contribution in [2.75, 3.05) is 21.2 Å². The Labute approximate surface area is 236 Å². The van der Waals surface area contributed by atoms with Crippen LogP contribution in [-0.4, -0.2) is 51.6 Å². The number of nitrogens with zero attached hydrogens (tertiary/aromatic N) is 5. The summed E-state index contributed by atoms with van der Waals surface area (Å²) in [6.07, 6.45) is 0.462. The van der Waals surface area contributed by atoms with E-state index in [0.29, 0.717) is 44.1 Å². The lowest BCUT2D eigenvalue weighted by molar-refractivity contribution is 0.0828. The van der Waals surface area contributed by atoms with Crippen LogP contribution in [0.3, 0.4) is 0 Å². The Bertz CT molecular complexity index is 1850. The summed E-state index contributed by atoms with van der Waals surface area (Å²) >= 11 is 2.65. The second-order valence-corrected chi connectivity index (χ2v) is 11.1. The van der Waals surface area contributed by atoms with Gasteiger partial charge in [-0.25, -0.2) is 14.4 Å². The molecular weight excluding hydrogens is 553 g/mol. The Morgan fingerprint density at radius 1 is 1.23 bits per heavy atom. The number of ether oxygens (including phenoxy) is 2. The van der Waals surface area contributed by atoms with Crippen molar-refractivity contribution < 1.29 is 23.1 Å². The Morgan fingerprint density at radius 3 is 2.83 bits per heavy atom. The highest BCUT2D eigenvalue weighted by Crippen LogP contribution is 2.38. The molecule has 0 N–H and O–H groups in total. The summed E-state index contributed by atoms with van der Waals surface area (Å²) in [5.74, 6) is 1.56. The molecule has 4 heterocycles. The van der Waals surface area contributed by atoms with Crippen LogP contribution in [0.15, 0.2) is 58.5 Å². The van der Waals surface area contributed by atoms with Gasteiger partial charge < -0.3 is 18.8 Å². The number of fused-ring (bicyclic) bond motifs is 2. The molecule has 0 radical (unpaired) electrons. The predicted molar refractivity (Wildman–Crippen MR) is 152 cm³/mol. The third-order valence-corrected chi connectivity index (χ3v) is 8.22. The van der Waals surface area contributed by atoms with Crippen LogP contribution in [0.1, 0.15) is 34.2 Å². The zero-order valence-electron chi connectivity index (χ0n) is 22.0. The molecule has 0 aliphatic heterocycles. The number of hydrogen-bond donors (Lipinski definition) is 0. The Balaban J connectivity index is 1.30. The molecule has 0 aliphatic carbocycles. The highest BCUT2D eigenvalue weighted by atomic mass is 32.1. The molecule has 6 rings (SSSR count). The van der Waals surface area contributed by atoms with Gasteiger partial charge in [-0.1, -0.05) is 29.5 Å². The van der Waals surface area contributed by atoms with Crippen LogP contribution in [0.2, 0.25) is 0 Å². The third-order valence-electron chi connectivity index (χ3n) is 6.22. The maximum atomic E-state index is 13.8. The van der Waals surface area contributed by atoms with Gasteiger partial charge in [0.2, 0.25) is 4.96 Å². The monoisotopic (exact) mass is 577 g/mol. The van der Waals surface area contributed by atoms with E-state index in [1.807, 2.05) is 29.6 Å². The number of carbonyl (C=O) groups excluding carboxylic acids is 1. The first-order valence-electron chi connectivity index (χ1n) is 12.3. The number of benzene rings is 2. The summed E-state index contributed by atoms with van der Waals surface area (Å²) in [7, 11) is 5.03. The SMILES string of the molecule is COc1cc(OCc2csc(-c3ccccc3C(=O)N(C)C)n2)c2cc(-c3cnc4sc(C(C)F)nn34)oc2c1. The maximum absolute atomic E-state index is 13.8. The molecule has 0 bridgehead atoms. The second kappa shape index (κ2) is 10.4. The fourth-order valence-electron chi connectivity index (χ4n) is 4.23. The van der Waals surface area contributed by atoms with Crippen LogP contribution in [0, 0.1) is 0 Å². The van der Waals surface area contributed by atoms with Gasteiger partial charge in [0.1, 0.15) is 34.4 Å². The van der Waals surface area contributed by atoms with Gasteiger partial charge in [0, 0.05) is 42.7 Å². The first-order chi connectivity index (χ1) is 19.3. The maximum Gasteiger partial charge on any atom is 0.254 e. The molecular formula is C28H24FN5O4S2. The van der Waals surface area contributed by atoms with Crippen molar-refractivity contribution in [3.8, 4) is 33.5 Å². The van der Waals surface area contributed by atoms with E-state index < -0.39 is 6.17 Å². The molecule has 4 aromatic heterocycles. The lowest BCUT2D eigenvalue weighted by Gasteiger charge is -2.12. The van der Waals surface area contributed by atoms with Crippen LogP contribution >= 0.6 is 22.7 Å². The lowest BCUT2D eigenvalue weighted by Crippen LogP contribution is -2.22. The summed E-state index contributed by atoms with van der Waals surface area (Å²) in [4.78, 5) is 23.9. The number of alkyl halides is 1. The van der Waals surface area contributed by atoms with Crippen molar-refractivity contribution in [3.05, 3.63) is 70.3 Å². The van der Waals surface area contributed by atoms with Crippen molar-refractivity contribution in [2.24, 2.45) is 0 Å². The molecule has 0 saturated heterocycles. The molecule has 2 aromatic carbocycles. The van der Waals surface area contributed by atoms with E-state index in [2.05, 4.69) is 10.1 Å². The van der Waals surface area contributed by atoms with Gasteiger partial charge in [0.05, 0.1) is 24.4 Å². The first kappa shape index (κ1) is 26.0. The second-order valence-electron chi connectivity index (χ2n) is 9.22. The molecule has 1 amide bonds. The van der Waals surface area contributed by atoms with Crippen molar-refractivity contribution in [3.63, 3.8) is 0 Å². The number of thiazole rings is 1. The average Bonchev–Trinajstić information content (AvgIpc) is 3.74. The van der Waals surface area contributed by atoms with E-state index >= 15 is 0 Å². The molecule has 204 valence electrons. The molecule has 0 saturated carbocycles. The average molecular weight is 578 g/mol. The largest absolute Gasteiger partial charge is 0.496 e. The van der Waals surface area contributed by atoms with Crippen LogP contribution in [0.25, 0.3) is 38.0 Å². The minimum absolute atomic E-state index is 0.0818. The highest BCUT2D eigenvalue weighted by Gasteiger charge is 2.20. The zero-order valence-corrected chi connectivity index (χ0v) is 23.7. The number of amides is 1. The van der Waals surface area contributed by atoms with E-state index in [9.17, 15) is 9.18 Å². The van der Waals surface area contributed by atoms with Gasteiger partial charge in [-0.3, -0.25) is 4.79 Å². The minimum Gasteiger partial charge on any atom is -0.496 e. The lowest BCUT2D eigenvalue weighted by atomic mass is 10.1. The van der Waals surface area contributed by atoms with E-state index in [-0.39, 0.29) is 12.5 Å². The number of aromatic nitrogens is 4. The quantitative estimate of drug-likeness (QED) is 0.200. The fraction of sp³-hybridized carbons (Fsp3) is 0.214. The van der Waals surface area contributed by atoms with Gasteiger partial charge in [-0.2, -0.15) is 9.61 Å². The van der Waals surface area contributed by atoms with Crippen LogP contribution < -0.4 is 9.47 Å². The molecule has 12 heteroatoms. The molecule has 6 aromatic rings. The van der Waals surface area contributed by atoms with Crippen molar-refractivity contribution in [2.45, 2.75) is 19.7 Å². The van der Waals surface area contributed by atoms with Crippen LogP contribution in [0.5, 0.6) is 11.5 Å². The summed E-state index contributed by atoms with van der Waals surface area (Å²) < 4.78 is 33.2. The number of rotatable bonds is 8. The Kier molecular flexibility index (Phi) is 6.72. The summed E-state index contributed by atoms with van der Waals surface area (Å²) in [5, 5.41) is 8.09. The van der Waals surface area contributed by atoms with Gasteiger partial charge in [0.15, 0.2) is 16.9 Å². The van der Waals surface area contributed by atoms with E-state index in [4.69, 9.17) is 18.9 Å². The van der Waals surface area contributed by atoms with Crippen LogP contribution in [-0.2, 0) is 6.61 Å². The zero-order chi connectivity index (χ0) is 28.0. The van der Waals surface area contributed by atoms with E-state index in [1.54, 1.807) is 55.0 Å². The summed E-state index contributed by atoms with van der Waals surface area (Å²) in [5.41, 5.74) is 3.26. The molecule has 1 atom stereocenters. The summed E-state index contributed by atoms with van der Waals surface area (Å²) in [6, 6.07) is 12.8. The molecule has 0 spiro atoms. The standard InChI is InChI=1S/C28H24FN5O4S2/c1-15(29)25-32-34-21(12-30-28(34)40-25)24-11-20-22(9-17(36-4)10-23(20)38-24)37-13-16-14-39-26(31-16)18-7-5-6-8-19(18)27(35)33(2)3/h5-12,14-15H,13H2,1-4H3. The number of methoxy groups -OCH3 is 1. The third kappa shape index (κ3) is 4.69. The van der Waals surface area contributed by atoms with Crippen molar-refractivity contribution in [1.29, 1.82) is 0 Å². The predicted octanol–water partition coefficient (Wildman–Crippen LogP) is 6.65. The van der Waals surface area contributed by atoms with Gasteiger partial charge in [-0.05, 0) is 19.1 Å². The molecule has 9 nitrogen and oxygen atoms in total. The Hall–Kier alpha value is -4.29. The van der Waals surface area contributed by atoms with Crippen LogP contribution in [0.4, 0.5) is 4.39 Å². The van der Waals surface area contributed by atoms with Crippen molar-refractivity contribution >= 4 is 44.5 Å². The number of imidazole rings is 1. The Morgan fingerprint density at radius 2 is 2.05 bits per heavy atom. The molecule has 40 heavy (non-hydrogen) atoms. The normalized spacial score (nSPS) is 12.2. The molecule has 0 aliphatic rings. The number of carbonyl (C=O) groups is 1. The van der Waals surface area contributed by atoms with Crippen molar-refractivity contribution in [1.82, 2.24) is 24.5 Å². The topological polar surface area (TPSA) is 95.0 Å². The summed E-state index contributed by atoms with van der Waals surface area (Å²) in [6.45, 7) is 1.65. The van der Waals surface area contributed by atoms with Gasteiger partial charge in [-0.15, -0.1) is 11.3 Å². The number of halogens is 1. The number of hydrogen-bond acceptors (Lipinski definition) is 9. The van der Waals surface area contributed by atoms with E-state index in [0.717, 1.165) is 21.7 Å². The first-order valence-corrected chi connectivity index (χ1v) is 14.0. The molecule has 0 fully saturated rings. The van der Waals surface area contributed by atoms with E-state index in [1.165, 1.54) is 29.6 Å². The fourth-order valence-corrected chi connectivity index (χ4v) is 5.87. The minimum atomic E-state index is -1.19. The smallest absolute Gasteiger partial charge is 0.254 e. The highest BCUT2D eigenvalue weighted by molar-refractivity contribution is 7.16. The van der Waals surface area contributed by atoms with Gasteiger partial charge in [0.25, 0.3) is 5.91 Å². The molecule has 1 unspecified atom stereocenters.